The van der Waals surface area contributed by atoms with Gasteiger partial charge in [-0.15, -0.1) is 0 Å². The summed E-state index contributed by atoms with van der Waals surface area (Å²) in [6.45, 7) is 8.44. The molecule has 0 bridgehead atoms. The Labute approximate surface area is 96.9 Å². The van der Waals surface area contributed by atoms with Gasteiger partial charge in [-0.25, -0.2) is 0 Å². The van der Waals surface area contributed by atoms with Crippen molar-refractivity contribution in [3.8, 4) is 0 Å². The number of aryl methyl sites for hydroxylation is 2. The first-order chi connectivity index (χ1) is 7.00. The van der Waals surface area contributed by atoms with Gasteiger partial charge < -0.3 is 5.11 Å². The number of benzene rings is 1. The van der Waals surface area contributed by atoms with Crippen LogP contribution in [-0.4, -0.2) is 16.1 Å². The highest BCUT2D eigenvalue weighted by Gasteiger charge is 2.11. The summed E-state index contributed by atoms with van der Waals surface area (Å²) in [4.78, 5) is 0. The normalized spacial score (nSPS) is 13.2. The summed E-state index contributed by atoms with van der Waals surface area (Å²) in [6, 6.07) is 6.22. The van der Waals surface area contributed by atoms with E-state index in [2.05, 4.69) is 39.8 Å². The SMILES string of the molecule is Cc1ccc(C(O)CSC(C)C)c(C)c1. The van der Waals surface area contributed by atoms with Crippen molar-refractivity contribution >= 4 is 11.8 Å². The molecule has 2 heteroatoms. The smallest absolute Gasteiger partial charge is 0.0883 e. The quantitative estimate of drug-likeness (QED) is 0.845. The highest BCUT2D eigenvalue weighted by molar-refractivity contribution is 7.99. The zero-order valence-electron chi connectivity index (χ0n) is 9.95. The summed E-state index contributed by atoms with van der Waals surface area (Å²) in [5, 5.41) is 10.6. The second-order valence-corrected chi connectivity index (χ2v) is 5.87. The lowest BCUT2D eigenvalue weighted by Gasteiger charge is -2.15. The maximum Gasteiger partial charge on any atom is 0.0883 e. The molecule has 0 amide bonds. The van der Waals surface area contributed by atoms with E-state index in [-0.39, 0.29) is 6.10 Å². The number of aliphatic hydroxyl groups excluding tert-OH is 1. The number of hydrogen-bond acceptors (Lipinski definition) is 2. The Kier molecular flexibility index (Phi) is 4.68. The van der Waals surface area contributed by atoms with Gasteiger partial charge in [0.15, 0.2) is 0 Å². The maximum atomic E-state index is 10.0. The predicted molar refractivity (Wildman–Crippen MR) is 68.5 cm³/mol. The van der Waals surface area contributed by atoms with Crippen LogP contribution in [0.5, 0.6) is 0 Å². The fourth-order valence-corrected chi connectivity index (χ4v) is 2.32. The number of thioether (sulfide) groups is 1. The molecule has 0 aliphatic carbocycles. The fraction of sp³-hybridized carbons (Fsp3) is 0.538. The molecule has 1 atom stereocenters. The lowest BCUT2D eigenvalue weighted by molar-refractivity contribution is 0.203. The molecule has 1 N–H and O–H groups in total. The number of hydrogen-bond donors (Lipinski definition) is 1. The van der Waals surface area contributed by atoms with Gasteiger partial charge in [-0.3, -0.25) is 0 Å². The van der Waals surface area contributed by atoms with Gasteiger partial charge in [0.2, 0.25) is 0 Å². The van der Waals surface area contributed by atoms with Gasteiger partial charge >= 0.3 is 0 Å². The van der Waals surface area contributed by atoms with Crippen molar-refractivity contribution in [3.05, 3.63) is 34.9 Å². The monoisotopic (exact) mass is 224 g/mol. The fourth-order valence-electron chi connectivity index (χ4n) is 1.57. The summed E-state index contributed by atoms with van der Waals surface area (Å²) in [7, 11) is 0. The highest BCUT2D eigenvalue weighted by atomic mass is 32.2. The minimum Gasteiger partial charge on any atom is -0.388 e. The molecule has 1 unspecified atom stereocenters. The van der Waals surface area contributed by atoms with Crippen molar-refractivity contribution in [2.75, 3.05) is 5.75 Å². The molecule has 0 aromatic heterocycles. The molecule has 1 rings (SSSR count). The largest absolute Gasteiger partial charge is 0.388 e. The Bertz CT molecular complexity index is 320. The summed E-state index contributed by atoms with van der Waals surface area (Å²) in [6.07, 6.45) is -0.335. The van der Waals surface area contributed by atoms with Gasteiger partial charge in [-0.2, -0.15) is 11.8 Å². The lowest BCUT2D eigenvalue weighted by atomic mass is 10.0. The third-order valence-corrected chi connectivity index (χ3v) is 3.55. The molecule has 0 fully saturated rings. The maximum absolute atomic E-state index is 10.0. The van der Waals surface area contributed by atoms with Crippen LogP contribution in [0.4, 0.5) is 0 Å². The molecule has 0 spiro atoms. The molecular weight excluding hydrogens is 204 g/mol. The van der Waals surface area contributed by atoms with E-state index in [0.717, 1.165) is 11.3 Å². The molecule has 15 heavy (non-hydrogen) atoms. The summed E-state index contributed by atoms with van der Waals surface area (Å²) >= 11 is 1.80. The van der Waals surface area contributed by atoms with Crippen molar-refractivity contribution in [1.82, 2.24) is 0 Å². The van der Waals surface area contributed by atoms with E-state index in [1.165, 1.54) is 11.1 Å². The topological polar surface area (TPSA) is 20.2 Å². The molecule has 0 saturated heterocycles. The molecule has 1 aromatic carbocycles. The van der Waals surface area contributed by atoms with Crippen molar-refractivity contribution in [3.63, 3.8) is 0 Å². The van der Waals surface area contributed by atoms with Gasteiger partial charge in [-0.05, 0) is 30.2 Å². The first-order valence-corrected chi connectivity index (χ1v) is 6.42. The Morgan fingerprint density at radius 2 is 1.93 bits per heavy atom. The molecule has 0 saturated carbocycles. The van der Waals surface area contributed by atoms with E-state index < -0.39 is 0 Å². The zero-order chi connectivity index (χ0) is 11.4. The summed E-state index contributed by atoms with van der Waals surface area (Å²) < 4.78 is 0. The van der Waals surface area contributed by atoms with Crippen LogP contribution >= 0.6 is 11.8 Å². The highest BCUT2D eigenvalue weighted by Crippen LogP contribution is 2.24. The van der Waals surface area contributed by atoms with E-state index in [9.17, 15) is 5.11 Å². The first-order valence-electron chi connectivity index (χ1n) is 5.37. The van der Waals surface area contributed by atoms with E-state index in [0.29, 0.717) is 5.25 Å². The number of aliphatic hydroxyl groups is 1. The van der Waals surface area contributed by atoms with Gasteiger partial charge in [0.05, 0.1) is 6.10 Å². The van der Waals surface area contributed by atoms with E-state index >= 15 is 0 Å². The lowest BCUT2D eigenvalue weighted by Crippen LogP contribution is -2.05. The predicted octanol–water partition coefficient (Wildman–Crippen LogP) is 3.48. The van der Waals surface area contributed by atoms with Gasteiger partial charge in [0.1, 0.15) is 0 Å². The minimum atomic E-state index is -0.335. The Balaban J connectivity index is 2.69. The Morgan fingerprint density at radius 1 is 1.27 bits per heavy atom. The average molecular weight is 224 g/mol. The van der Waals surface area contributed by atoms with Crippen LogP contribution in [0.25, 0.3) is 0 Å². The summed E-state index contributed by atoms with van der Waals surface area (Å²) in [5.41, 5.74) is 3.50. The van der Waals surface area contributed by atoms with Crippen LogP contribution in [0, 0.1) is 13.8 Å². The van der Waals surface area contributed by atoms with E-state index in [4.69, 9.17) is 0 Å². The van der Waals surface area contributed by atoms with Gasteiger partial charge in [0, 0.05) is 5.75 Å². The Hall–Kier alpha value is -0.470. The van der Waals surface area contributed by atoms with Crippen LogP contribution in [0.2, 0.25) is 0 Å². The Morgan fingerprint density at radius 3 is 2.47 bits per heavy atom. The molecule has 0 aliphatic rings. The summed E-state index contributed by atoms with van der Waals surface area (Å²) in [5.74, 6) is 0.779. The molecule has 84 valence electrons. The van der Waals surface area contributed by atoms with Gasteiger partial charge in [0.25, 0.3) is 0 Å². The van der Waals surface area contributed by atoms with Crippen LogP contribution in [0.3, 0.4) is 0 Å². The van der Waals surface area contributed by atoms with Crippen molar-refractivity contribution in [2.45, 2.75) is 39.0 Å². The molecule has 0 heterocycles. The molecule has 1 aromatic rings. The van der Waals surface area contributed by atoms with Crippen molar-refractivity contribution < 1.29 is 5.11 Å². The second-order valence-electron chi connectivity index (χ2n) is 4.26. The van der Waals surface area contributed by atoms with Gasteiger partial charge in [-0.1, -0.05) is 37.6 Å². The van der Waals surface area contributed by atoms with Crippen LogP contribution < -0.4 is 0 Å². The standard InChI is InChI=1S/C13H20OS/c1-9(2)15-8-13(14)12-6-5-10(3)7-11(12)4/h5-7,9,13-14H,8H2,1-4H3. The third-order valence-electron chi connectivity index (χ3n) is 2.37. The molecule has 1 nitrogen and oxygen atoms in total. The molecule has 0 aliphatic heterocycles. The van der Waals surface area contributed by atoms with Crippen LogP contribution in [-0.2, 0) is 0 Å². The van der Waals surface area contributed by atoms with Crippen molar-refractivity contribution in [1.29, 1.82) is 0 Å². The minimum absolute atomic E-state index is 0.335. The van der Waals surface area contributed by atoms with Crippen LogP contribution in [0.15, 0.2) is 18.2 Å². The number of rotatable bonds is 4. The molecular formula is C13H20OS. The van der Waals surface area contributed by atoms with E-state index in [1.807, 2.05) is 6.07 Å². The van der Waals surface area contributed by atoms with E-state index in [1.54, 1.807) is 11.8 Å². The molecule has 0 radical (unpaired) electrons. The van der Waals surface area contributed by atoms with Crippen molar-refractivity contribution in [2.24, 2.45) is 0 Å². The first kappa shape index (κ1) is 12.6. The third kappa shape index (κ3) is 3.88. The van der Waals surface area contributed by atoms with Crippen LogP contribution in [0.1, 0.15) is 36.6 Å². The zero-order valence-corrected chi connectivity index (χ0v) is 10.8. The average Bonchev–Trinajstić information content (AvgIpc) is 2.14. The second kappa shape index (κ2) is 5.57.